The fourth-order valence-electron chi connectivity index (χ4n) is 2.09. The first kappa shape index (κ1) is 10.2. The van der Waals surface area contributed by atoms with Crippen LogP contribution >= 0.6 is 0 Å². The van der Waals surface area contributed by atoms with E-state index in [0.717, 1.165) is 25.2 Å². The molecule has 0 aromatic carbocycles. The highest BCUT2D eigenvalue weighted by Crippen LogP contribution is 2.28. The van der Waals surface area contributed by atoms with E-state index in [4.69, 9.17) is 5.73 Å². The van der Waals surface area contributed by atoms with Gasteiger partial charge >= 0.3 is 0 Å². The average molecular weight is 207 g/mol. The number of aromatic nitrogens is 1. The van der Waals surface area contributed by atoms with Crippen molar-refractivity contribution in [2.24, 2.45) is 5.92 Å². The van der Waals surface area contributed by atoms with Crippen LogP contribution in [0.15, 0.2) is 18.5 Å². The molecule has 15 heavy (non-hydrogen) atoms. The second-order valence-electron chi connectivity index (χ2n) is 4.17. The molecule has 0 saturated carbocycles. The van der Waals surface area contributed by atoms with Gasteiger partial charge in [0.15, 0.2) is 0 Å². The lowest BCUT2D eigenvalue weighted by Crippen LogP contribution is -2.24. The Kier molecular flexibility index (Phi) is 2.77. The smallest absolute Gasteiger partial charge is 0.0738 e. The molecule has 2 unspecified atom stereocenters. The number of nitrogen functional groups attached to an aromatic ring is 1. The molecule has 1 saturated heterocycles. The molecule has 2 atom stereocenters. The Morgan fingerprint density at radius 3 is 3.07 bits per heavy atom. The minimum absolute atomic E-state index is 0.238. The van der Waals surface area contributed by atoms with Gasteiger partial charge in [-0.05, 0) is 19.4 Å². The molecule has 4 heteroatoms. The molecule has 3 N–H and O–H groups in total. The van der Waals surface area contributed by atoms with Crippen LogP contribution in [0.25, 0.3) is 0 Å². The first-order chi connectivity index (χ1) is 7.18. The largest absolute Gasteiger partial charge is 0.396 e. The van der Waals surface area contributed by atoms with Gasteiger partial charge < -0.3 is 15.7 Å². The summed E-state index contributed by atoms with van der Waals surface area (Å²) in [6.45, 7) is 3.69. The third-order valence-corrected chi connectivity index (χ3v) is 3.08. The number of pyridine rings is 1. The summed E-state index contributed by atoms with van der Waals surface area (Å²) in [5, 5.41) is 9.52. The van der Waals surface area contributed by atoms with Crippen molar-refractivity contribution in [2.45, 2.75) is 19.4 Å². The van der Waals surface area contributed by atoms with Gasteiger partial charge in [-0.2, -0.15) is 0 Å². The molecule has 2 heterocycles. The van der Waals surface area contributed by atoms with E-state index in [1.807, 2.05) is 13.0 Å². The number of nitrogens with two attached hydrogens (primary N) is 1. The van der Waals surface area contributed by atoms with Gasteiger partial charge in [0.1, 0.15) is 0 Å². The van der Waals surface area contributed by atoms with Crippen LogP contribution in [0.3, 0.4) is 0 Å². The van der Waals surface area contributed by atoms with Gasteiger partial charge in [0.2, 0.25) is 0 Å². The van der Waals surface area contributed by atoms with Crippen molar-refractivity contribution in [3.63, 3.8) is 0 Å². The van der Waals surface area contributed by atoms with E-state index in [1.54, 1.807) is 12.4 Å². The molecule has 0 aliphatic carbocycles. The Hall–Kier alpha value is -1.29. The van der Waals surface area contributed by atoms with Crippen molar-refractivity contribution in [3.05, 3.63) is 18.5 Å². The lowest BCUT2D eigenvalue weighted by Gasteiger charge is -2.20. The number of hydrogen-bond acceptors (Lipinski definition) is 4. The third-order valence-electron chi connectivity index (χ3n) is 3.08. The van der Waals surface area contributed by atoms with Gasteiger partial charge in [0.05, 0.1) is 23.7 Å². The molecule has 0 radical (unpaired) electrons. The summed E-state index contributed by atoms with van der Waals surface area (Å²) in [7, 11) is 0. The van der Waals surface area contributed by atoms with Crippen LogP contribution in [0.5, 0.6) is 0 Å². The number of rotatable bonds is 2. The lowest BCUT2D eigenvalue weighted by atomic mass is 10.0. The highest BCUT2D eigenvalue weighted by atomic mass is 16.3. The zero-order valence-electron chi connectivity index (χ0n) is 8.93. The van der Waals surface area contributed by atoms with Crippen molar-refractivity contribution < 1.29 is 5.11 Å². The molecule has 82 valence electrons. The summed E-state index contributed by atoms with van der Waals surface area (Å²) < 4.78 is 0. The van der Waals surface area contributed by atoms with Gasteiger partial charge in [0.25, 0.3) is 0 Å². The molecule has 1 fully saturated rings. The topological polar surface area (TPSA) is 62.4 Å². The summed E-state index contributed by atoms with van der Waals surface area (Å²) in [6.07, 6.45) is 4.21. The van der Waals surface area contributed by atoms with Crippen molar-refractivity contribution in [3.8, 4) is 0 Å². The van der Waals surface area contributed by atoms with Crippen LogP contribution < -0.4 is 10.6 Å². The maximum absolute atomic E-state index is 9.52. The molecule has 2 rings (SSSR count). The molecular formula is C11H17N3O. The predicted octanol–water partition coefficient (Wildman–Crippen LogP) is 0.871. The molecule has 0 amide bonds. The van der Waals surface area contributed by atoms with E-state index in [-0.39, 0.29) is 6.10 Å². The van der Waals surface area contributed by atoms with Crippen LogP contribution in [-0.4, -0.2) is 29.3 Å². The Bertz CT molecular complexity index is 340. The second kappa shape index (κ2) is 4.06. The summed E-state index contributed by atoms with van der Waals surface area (Å²) in [6, 6.07) is 1.93. The van der Waals surface area contributed by atoms with Gasteiger partial charge in [-0.3, -0.25) is 4.98 Å². The van der Waals surface area contributed by atoms with Crippen LogP contribution in [0.1, 0.15) is 13.3 Å². The van der Waals surface area contributed by atoms with Gasteiger partial charge in [-0.1, -0.05) is 0 Å². The van der Waals surface area contributed by atoms with E-state index in [2.05, 4.69) is 9.88 Å². The number of aliphatic hydroxyl groups excluding tert-OH is 1. The summed E-state index contributed by atoms with van der Waals surface area (Å²) in [5.74, 6) is 0.359. The monoisotopic (exact) mass is 207 g/mol. The van der Waals surface area contributed by atoms with E-state index in [9.17, 15) is 5.11 Å². The van der Waals surface area contributed by atoms with Crippen LogP contribution in [0.4, 0.5) is 11.4 Å². The number of nitrogens with zero attached hydrogens (tertiary/aromatic N) is 2. The molecule has 1 aromatic rings. The SMILES string of the molecule is CC(O)C1CCN(c2ccncc2N)C1. The first-order valence-corrected chi connectivity index (χ1v) is 5.31. The highest BCUT2D eigenvalue weighted by Gasteiger charge is 2.26. The van der Waals surface area contributed by atoms with Crippen molar-refractivity contribution in [1.82, 2.24) is 4.98 Å². The fourth-order valence-corrected chi connectivity index (χ4v) is 2.09. The van der Waals surface area contributed by atoms with E-state index in [0.29, 0.717) is 11.6 Å². The maximum atomic E-state index is 9.52. The molecule has 4 nitrogen and oxygen atoms in total. The minimum Gasteiger partial charge on any atom is -0.396 e. The molecule has 0 bridgehead atoms. The quantitative estimate of drug-likeness (QED) is 0.755. The normalized spacial score (nSPS) is 23.1. The number of aliphatic hydroxyl groups is 1. The lowest BCUT2D eigenvalue weighted by molar-refractivity contribution is 0.136. The van der Waals surface area contributed by atoms with Crippen LogP contribution in [0, 0.1) is 5.92 Å². The van der Waals surface area contributed by atoms with Crippen LogP contribution in [-0.2, 0) is 0 Å². The first-order valence-electron chi connectivity index (χ1n) is 5.31. The summed E-state index contributed by atoms with van der Waals surface area (Å²) in [5.41, 5.74) is 7.60. The minimum atomic E-state index is -0.238. The number of anilines is 2. The molecule has 0 spiro atoms. The average Bonchev–Trinajstić information content (AvgIpc) is 2.67. The second-order valence-corrected chi connectivity index (χ2v) is 4.17. The highest BCUT2D eigenvalue weighted by molar-refractivity contribution is 5.66. The van der Waals surface area contributed by atoms with Crippen LogP contribution in [0.2, 0.25) is 0 Å². The number of hydrogen-bond donors (Lipinski definition) is 2. The Morgan fingerprint density at radius 1 is 1.67 bits per heavy atom. The van der Waals surface area contributed by atoms with Crippen molar-refractivity contribution >= 4 is 11.4 Å². The third kappa shape index (κ3) is 2.04. The molecule has 1 aromatic heterocycles. The zero-order chi connectivity index (χ0) is 10.8. The predicted molar refractivity (Wildman–Crippen MR) is 60.7 cm³/mol. The summed E-state index contributed by atoms with van der Waals surface area (Å²) in [4.78, 5) is 6.19. The van der Waals surface area contributed by atoms with Crippen molar-refractivity contribution in [1.29, 1.82) is 0 Å². The Balaban J connectivity index is 2.11. The zero-order valence-corrected chi connectivity index (χ0v) is 8.93. The van der Waals surface area contributed by atoms with Crippen molar-refractivity contribution in [2.75, 3.05) is 23.7 Å². The van der Waals surface area contributed by atoms with E-state index in [1.165, 1.54) is 0 Å². The molecular weight excluding hydrogens is 190 g/mol. The standard InChI is InChI=1S/C11H17N3O/c1-8(15)9-3-5-14(7-9)11-2-4-13-6-10(11)12/h2,4,6,8-9,15H,3,5,7,12H2,1H3. The van der Waals surface area contributed by atoms with Gasteiger partial charge in [0, 0.05) is 25.2 Å². The molecule has 1 aliphatic heterocycles. The van der Waals surface area contributed by atoms with Gasteiger partial charge in [-0.25, -0.2) is 0 Å². The maximum Gasteiger partial charge on any atom is 0.0738 e. The Labute approximate surface area is 89.7 Å². The van der Waals surface area contributed by atoms with E-state index >= 15 is 0 Å². The molecule has 1 aliphatic rings. The van der Waals surface area contributed by atoms with E-state index < -0.39 is 0 Å². The Morgan fingerprint density at radius 2 is 2.47 bits per heavy atom. The fraction of sp³-hybridized carbons (Fsp3) is 0.545. The summed E-state index contributed by atoms with van der Waals surface area (Å²) >= 11 is 0. The van der Waals surface area contributed by atoms with Gasteiger partial charge in [-0.15, -0.1) is 0 Å².